The number of rotatable bonds is 11. The van der Waals surface area contributed by atoms with Crippen molar-refractivity contribution < 1.29 is 29.0 Å². The normalized spacial score (nSPS) is 15.1. The number of carboxylic acids is 1. The SMILES string of the molecule is CCCCN(CCCC)C(=O)c1cc(-c2cc3c(cc2C(=O)N2Cc4ccccc4C[C@H]2C)CN(C(=O)Oc2cccc(C(=O)O)c2)CC3)n(C)c1C. The zero-order chi connectivity index (χ0) is 37.8. The molecule has 0 fully saturated rings. The number of carboxylic acid groups (broad SMARTS) is 1. The molecule has 0 aliphatic carbocycles. The average Bonchev–Trinajstić information content (AvgIpc) is 3.46. The lowest BCUT2D eigenvalue weighted by molar-refractivity contribution is 0.0656. The zero-order valence-electron chi connectivity index (χ0n) is 31.5. The van der Waals surface area contributed by atoms with Crippen molar-refractivity contribution in [2.24, 2.45) is 7.05 Å². The minimum Gasteiger partial charge on any atom is -0.478 e. The first-order chi connectivity index (χ1) is 25.5. The summed E-state index contributed by atoms with van der Waals surface area (Å²) in [5, 5.41) is 9.38. The number of benzene rings is 3. The quantitative estimate of drug-likeness (QED) is 0.169. The molecule has 1 N–H and O–H groups in total. The smallest absolute Gasteiger partial charge is 0.415 e. The van der Waals surface area contributed by atoms with Crippen molar-refractivity contribution in [1.29, 1.82) is 0 Å². The zero-order valence-corrected chi connectivity index (χ0v) is 31.5. The molecular weight excluding hydrogens is 668 g/mol. The first-order valence-corrected chi connectivity index (χ1v) is 18.8. The molecule has 0 unspecified atom stereocenters. The Balaban J connectivity index is 1.38. The summed E-state index contributed by atoms with van der Waals surface area (Å²) in [6, 6.07) is 20.0. The van der Waals surface area contributed by atoms with Crippen LogP contribution in [0, 0.1) is 6.92 Å². The highest BCUT2D eigenvalue weighted by molar-refractivity contribution is 6.03. The fourth-order valence-electron chi connectivity index (χ4n) is 7.47. The van der Waals surface area contributed by atoms with Crippen LogP contribution in [0.15, 0.2) is 66.7 Å². The van der Waals surface area contributed by atoms with Crippen molar-refractivity contribution >= 4 is 23.9 Å². The van der Waals surface area contributed by atoms with Crippen LogP contribution in [-0.4, -0.2) is 73.9 Å². The number of fused-ring (bicyclic) bond motifs is 2. The van der Waals surface area contributed by atoms with E-state index >= 15 is 0 Å². The first-order valence-electron chi connectivity index (χ1n) is 18.8. The predicted octanol–water partition coefficient (Wildman–Crippen LogP) is 7.89. The summed E-state index contributed by atoms with van der Waals surface area (Å²) in [7, 11) is 1.95. The summed E-state index contributed by atoms with van der Waals surface area (Å²) in [5.74, 6) is -1.04. The predicted molar refractivity (Wildman–Crippen MR) is 204 cm³/mol. The van der Waals surface area contributed by atoms with E-state index in [2.05, 4.69) is 39.0 Å². The highest BCUT2D eigenvalue weighted by Crippen LogP contribution is 2.36. The van der Waals surface area contributed by atoms with Crippen molar-refractivity contribution in [3.8, 4) is 17.0 Å². The van der Waals surface area contributed by atoms with Crippen molar-refractivity contribution in [2.75, 3.05) is 19.6 Å². The Labute approximate surface area is 312 Å². The van der Waals surface area contributed by atoms with Gasteiger partial charge in [-0.15, -0.1) is 0 Å². The summed E-state index contributed by atoms with van der Waals surface area (Å²) in [5.41, 5.74) is 7.84. The molecule has 0 saturated carbocycles. The highest BCUT2D eigenvalue weighted by Gasteiger charge is 2.33. The summed E-state index contributed by atoms with van der Waals surface area (Å²) in [6.45, 7) is 10.8. The molecular formula is C43H50N4O6. The number of carbonyl (C=O) groups is 4. The number of amides is 3. The molecule has 0 saturated heterocycles. The molecule has 6 rings (SSSR count). The van der Waals surface area contributed by atoms with Crippen LogP contribution in [0.2, 0.25) is 0 Å². The van der Waals surface area contributed by atoms with Crippen molar-refractivity contribution in [2.45, 2.75) is 85.4 Å². The lowest BCUT2D eigenvalue weighted by atomic mass is 9.90. The van der Waals surface area contributed by atoms with Gasteiger partial charge in [0, 0.05) is 68.3 Å². The van der Waals surface area contributed by atoms with Crippen LogP contribution < -0.4 is 4.74 Å². The van der Waals surface area contributed by atoms with Gasteiger partial charge in [-0.3, -0.25) is 9.59 Å². The van der Waals surface area contributed by atoms with E-state index in [4.69, 9.17) is 4.74 Å². The summed E-state index contributed by atoms with van der Waals surface area (Å²) >= 11 is 0. The van der Waals surface area contributed by atoms with Crippen LogP contribution in [0.1, 0.15) is 105 Å². The third kappa shape index (κ3) is 7.87. The van der Waals surface area contributed by atoms with Gasteiger partial charge in [-0.1, -0.05) is 57.0 Å². The topological polar surface area (TPSA) is 112 Å². The van der Waals surface area contributed by atoms with Crippen LogP contribution >= 0.6 is 0 Å². The number of carbonyl (C=O) groups excluding carboxylic acids is 3. The van der Waals surface area contributed by atoms with Gasteiger partial charge in [0.2, 0.25) is 0 Å². The number of hydrogen-bond acceptors (Lipinski definition) is 5. The Kier molecular flexibility index (Phi) is 11.4. The van der Waals surface area contributed by atoms with E-state index in [1.54, 1.807) is 11.0 Å². The highest BCUT2D eigenvalue weighted by atomic mass is 16.6. The second kappa shape index (κ2) is 16.1. The molecule has 3 aromatic carbocycles. The Morgan fingerprint density at radius 2 is 1.57 bits per heavy atom. The maximum atomic E-state index is 14.8. The number of hydrogen-bond donors (Lipinski definition) is 1. The van der Waals surface area contributed by atoms with Gasteiger partial charge in [0.05, 0.1) is 11.1 Å². The van der Waals surface area contributed by atoms with Gasteiger partial charge in [-0.25, -0.2) is 9.59 Å². The van der Waals surface area contributed by atoms with Crippen LogP contribution in [0.3, 0.4) is 0 Å². The Bertz CT molecular complexity index is 2020. The number of ether oxygens (including phenoxy) is 1. The minimum atomic E-state index is -1.11. The maximum absolute atomic E-state index is 14.8. The van der Waals surface area contributed by atoms with Crippen LogP contribution in [0.4, 0.5) is 4.79 Å². The third-order valence-corrected chi connectivity index (χ3v) is 10.8. The summed E-state index contributed by atoms with van der Waals surface area (Å²) < 4.78 is 7.63. The molecule has 0 spiro atoms. The lowest BCUT2D eigenvalue weighted by Gasteiger charge is -2.36. The number of unbranched alkanes of at least 4 members (excludes halogenated alkanes) is 2. The van der Waals surface area contributed by atoms with Crippen molar-refractivity contribution in [1.82, 2.24) is 19.3 Å². The summed E-state index contributed by atoms with van der Waals surface area (Å²) in [4.78, 5) is 59.2. The molecule has 0 bridgehead atoms. The van der Waals surface area contributed by atoms with Crippen molar-refractivity contribution in [3.05, 3.63) is 111 Å². The van der Waals surface area contributed by atoms with E-state index in [0.717, 1.165) is 65.7 Å². The van der Waals surface area contributed by atoms with Crippen molar-refractivity contribution in [3.63, 3.8) is 0 Å². The molecule has 1 aromatic heterocycles. The van der Waals surface area contributed by atoms with Crippen LogP contribution in [-0.2, 0) is 33.0 Å². The van der Waals surface area contributed by atoms with Gasteiger partial charge in [0.15, 0.2) is 0 Å². The van der Waals surface area contributed by atoms with E-state index in [-0.39, 0.29) is 35.7 Å². The van der Waals surface area contributed by atoms with Crippen LogP contribution in [0.5, 0.6) is 5.75 Å². The van der Waals surface area contributed by atoms with Gasteiger partial charge in [-0.2, -0.15) is 0 Å². The van der Waals surface area contributed by atoms with Gasteiger partial charge in [0.25, 0.3) is 11.8 Å². The van der Waals surface area contributed by atoms with Gasteiger partial charge < -0.3 is 29.1 Å². The Morgan fingerprint density at radius 1 is 0.849 bits per heavy atom. The monoisotopic (exact) mass is 718 g/mol. The number of nitrogens with zero attached hydrogens (tertiary/aromatic N) is 4. The second-order valence-corrected chi connectivity index (χ2v) is 14.4. The van der Waals surface area contributed by atoms with E-state index < -0.39 is 12.1 Å². The Morgan fingerprint density at radius 3 is 2.26 bits per heavy atom. The van der Waals surface area contributed by atoms with E-state index in [1.165, 1.54) is 23.8 Å². The standard InChI is InChI=1S/C43H50N4O6/c1-6-8-18-45(19-9-7-2)40(48)36-25-39(44(5)29(36)4)37-23-31-17-20-46(43(52)53-35-16-12-15-32(22-35)42(50)51)26-34(31)24-38(37)41(49)47-27-33-14-11-10-13-30(33)21-28(47)3/h10-16,22-25,28H,6-9,17-21,26-27H2,1-5H3,(H,50,51)/t28-/m1/s1. The fraction of sp³-hybridized carbons (Fsp3) is 0.395. The summed E-state index contributed by atoms with van der Waals surface area (Å²) in [6.07, 6.45) is 4.57. The molecule has 2 aliphatic rings. The largest absolute Gasteiger partial charge is 0.478 e. The molecule has 2 aliphatic heterocycles. The Hall–Kier alpha value is -5.38. The fourth-order valence-corrected chi connectivity index (χ4v) is 7.47. The van der Waals surface area contributed by atoms with E-state index in [9.17, 15) is 24.3 Å². The molecule has 10 nitrogen and oxygen atoms in total. The minimum absolute atomic E-state index is 0.0152. The van der Waals surface area contributed by atoms with E-state index in [0.29, 0.717) is 43.7 Å². The van der Waals surface area contributed by atoms with Crippen LogP contribution in [0.25, 0.3) is 11.3 Å². The number of aromatic carboxylic acids is 1. The lowest BCUT2D eigenvalue weighted by Crippen LogP contribution is -2.43. The van der Waals surface area contributed by atoms with Gasteiger partial charge in [-0.05, 0) is 98.2 Å². The average molecular weight is 719 g/mol. The van der Waals surface area contributed by atoms with Gasteiger partial charge in [0.1, 0.15) is 5.75 Å². The third-order valence-electron chi connectivity index (χ3n) is 10.8. The maximum Gasteiger partial charge on any atom is 0.415 e. The molecule has 10 heteroatoms. The molecule has 3 heterocycles. The molecule has 1 atom stereocenters. The molecule has 3 amide bonds. The molecule has 4 aromatic rings. The molecule has 278 valence electrons. The number of aromatic nitrogens is 1. The second-order valence-electron chi connectivity index (χ2n) is 14.4. The molecule has 53 heavy (non-hydrogen) atoms. The first kappa shape index (κ1) is 37.4. The van der Waals surface area contributed by atoms with E-state index in [1.807, 2.05) is 52.6 Å². The molecule has 0 radical (unpaired) electrons. The van der Waals surface area contributed by atoms with Gasteiger partial charge >= 0.3 is 12.1 Å².